The molecular weight excluding hydrogens is 502 g/mol. The van der Waals surface area contributed by atoms with E-state index in [1.165, 1.54) is 53.7 Å². The predicted octanol–water partition coefficient (Wildman–Crippen LogP) is 8.93. The fourth-order valence-corrected chi connectivity index (χ4v) is 5.00. The number of unbranched alkanes of at least 4 members (excludes halogenated alkanes) is 2. The minimum Gasteiger partial charge on any atom is -0.496 e. The summed E-state index contributed by atoms with van der Waals surface area (Å²) in [6.45, 7) is 13.8. The molecule has 220 valence electrons. The van der Waals surface area contributed by atoms with E-state index in [4.69, 9.17) is 10.5 Å². The van der Waals surface area contributed by atoms with Gasteiger partial charge in [0, 0.05) is 43.1 Å². The van der Waals surface area contributed by atoms with Crippen LogP contribution in [0, 0.1) is 6.92 Å². The van der Waals surface area contributed by atoms with Gasteiger partial charge in [-0.05, 0) is 98.3 Å². The number of hydrogen-bond acceptors (Lipinski definition) is 4. The Morgan fingerprint density at radius 1 is 0.659 bits per heavy atom. The predicted molar refractivity (Wildman–Crippen MR) is 182 cm³/mol. The van der Waals surface area contributed by atoms with Crippen LogP contribution in [0.25, 0.3) is 24.3 Å². The van der Waals surface area contributed by atoms with Crippen molar-refractivity contribution in [1.29, 1.82) is 0 Å². The minimum absolute atomic E-state index is 0.721. The van der Waals surface area contributed by atoms with Crippen molar-refractivity contribution in [3.05, 3.63) is 88.5 Å². The van der Waals surface area contributed by atoms with Crippen LogP contribution in [0.5, 0.6) is 5.75 Å². The first-order valence-electron chi connectivity index (χ1n) is 15.5. The van der Waals surface area contributed by atoms with Crippen LogP contribution in [0.1, 0.15) is 80.7 Å². The van der Waals surface area contributed by atoms with Gasteiger partial charge in [0.05, 0.1) is 7.11 Å². The Bertz CT molecular complexity index is 1220. The standard InChI is InChI=1S/C37H51N3O/c1-6-9-25-40(26-10-7-2)36-22-16-32(17-23-36)13-19-34-28-30(4)33(29-37(34)41-5)18-12-31-14-20-35(21-15-31)39(8-3)27-11-24-38/h12-23,28-29H,6-11,24-27,38H2,1-5H3/b18-12+,19-13+. The molecule has 0 saturated heterocycles. The summed E-state index contributed by atoms with van der Waals surface area (Å²) in [5.41, 5.74) is 14.1. The van der Waals surface area contributed by atoms with Crippen LogP contribution in [0.3, 0.4) is 0 Å². The summed E-state index contributed by atoms with van der Waals surface area (Å²) in [6.07, 6.45) is 14.6. The van der Waals surface area contributed by atoms with Gasteiger partial charge in [0.25, 0.3) is 0 Å². The Morgan fingerprint density at radius 3 is 1.66 bits per heavy atom. The van der Waals surface area contributed by atoms with Crippen LogP contribution in [0.4, 0.5) is 11.4 Å². The maximum atomic E-state index is 5.79. The fraction of sp³-hybridized carbons (Fsp3) is 0.405. The smallest absolute Gasteiger partial charge is 0.126 e. The lowest BCUT2D eigenvalue weighted by atomic mass is 10.0. The van der Waals surface area contributed by atoms with Gasteiger partial charge in [-0.2, -0.15) is 0 Å². The first-order chi connectivity index (χ1) is 20.0. The van der Waals surface area contributed by atoms with E-state index in [2.05, 4.69) is 122 Å². The molecule has 0 unspecified atom stereocenters. The van der Waals surface area contributed by atoms with Crippen LogP contribution >= 0.6 is 0 Å². The molecular formula is C37H51N3O. The molecule has 0 aliphatic rings. The SMILES string of the molecule is CCCCN(CCCC)c1ccc(/C=C/c2cc(C)c(/C=C/c3ccc(N(CC)CCCN)cc3)cc2OC)cc1. The highest BCUT2D eigenvalue weighted by Gasteiger charge is 2.07. The summed E-state index contributed by atoms with van der Waals surface area (Å²) in [6, 6.07) is 22.0. The van der Waals surface area contributed by atoms with Gasteiger partial charge < -0.3 is 20.3 Å². The number of hydrogen-bond donors (Lipinski definition) is 1. The molecule has 0 atom stereocenters. The van der Waals surface area contributed by atoms with Crippen molar-refractivity contribution in [3.63, 3.8) is 0 Å². The van der Waals surface area contributed by atoms with E-state index in [9.17, 15) is 0 Å². The van der Waals surface area contributed by atoms with Gasteiger partial charge in [0.15, 0.2) is 0 Å². The molecule has 3 rings (SSSR count). The average molecular weight is 554 g/mol. The van der Waals surface area contributed by atoms with Crippen LogP contribution < -0.4 is 20.3 Å². The summed E-state index contributed by atoms with van der Waals surface area (Å²) < 4.78 is 5.79. The molecule has 0 fully saturated rings. The average Bonchev–Trinajstić information content (AvgIpc) is 3.01. The lowest BCUT2D eigenvalue weighted by Crippen LogP contribution is -2.25. The second kappa shape index (κ2) is 17.3. The molecule has 0 saturated carbocycles. The number of nitrogens with zero attached hydrogens (tertiary/aromatic N) is 2. The first-order valence-corrected chi connectivity index (χ1v) is 15.5. The highest BCUT2D eigenvalue weighted by Crippen LogP contribution is 2.28. The molecule has 2 N–H and O–H groups in total. The monoisotopic (exact) mass is 553 g/mol. The van der Waals surface area contributed by atoms with Gasteiger partial charge >= 0.3 is 0 Å². The van der Waals surface area contributed by atoms with Gasteiger partial charge in [0.2, 0.25) is 0 Å². The zero-order chi connectivity index (χ0) is 29.5. The maximum absolute atomic E-state index is 5.79. The zero-order valence-electron chi connectivity index (χ0n) is 26.0. The molecule has 0 amide bonds. The molecule has 0 heterocycles. The number of ether oxygens (including phenoxy) is 1. The Balaban J connectivity index is 1.71. The van der Waals surface area contributed by atoms with Crippen molar-refractivity contribution in [2.75, 3.05) is 49.6 Å². The van der Waals surface area contributed by atoms with E-state index in [1.807, 2.05) is 0 Å². The van der Waals surface area contributed by atoms with Crippen LogP contribution in [-0.4, -0.2) is 39.8 Å². The normalized spacial score (nSPS) is 11.5. The molecule has 0 aliphatic carbocycles. The number of anilines is 2. The third kappa shape index (κ3) is 9.82. The van der Waals surface area contributed by atoms with E-state index in [-0.39, 0.29) is 0 Å². The maximum Gasteiger partial charge on any atom is 0.126 e. The van der Waals surface area contributed by atoms with Crippen molar-refractivity contribution in [2.45, 2.75) is 59.8 Å². The summed E-state index contributed by atoms with van der Waals surface area (Å²) in [5, 5.41) is 0. The highest BCUT2D eigenvalue weighted by atomic mass is 16.5. The number of rotatable bonds is 17. The van der Waals surface area contributed by atoms with E-state index in [0.29, 0.717) is 0 Å². The first kappa shape index (κ1) is 32.0. The van der Waals surface area contributed by atoms with Gasteiger partial charge in [0.1, 0.15) is 5.75 Å². The Hall–Kier alpha value is -3.50. The molecule has 0 aliphatic heterocycles. The quantitative estimate of drug-likeness (QED) is 0.169. The largest absolute Gasteiger partial charge is 0.496 e. The third-order valence-electron chi connectivity index (χ3n) is 7.62. The molecule has 4 heteroatoms. The summed E-state index contributed by atoms with van der Waals surface area (Å²) in [4.78, 5) is 4.89. The molecule has 41 heavy (non-hydrogen) atoms. The second-order valence-corrected chi connectivity index (χ2v) is 10.7. The third-order valence-corrected chi connectivity index (χ3v) is 7.62. The lowest BCUT2D eigenvalue weighted by molar-refractivity contribution is 0.413. The van der Waals surface area contributed by atoms with Crippen molar-refractivity contribution in [2.24, 2.45) is 5.73 Å². The number of aryl methyl sites for hydroxylation is 1. The molecule has 0 aromatic heterocycles. The highest BCUT2D eigenvalue weighted by molar-refractivity contribution is 5.78. The Kier molecular flexibility index (Phi) is 13.5. The molecule has 3 aromatic rings. The van der Waals surface area contributed by atoms with Crippen LogP contribution in [0.15, 0.2) is 60.7 Å². The molecule has 3 aromatic carbocycles. The molecule has 0 bridgehead atoms. The van der Waals surface area contributed by atoms with Gasteiger partial charge in [-0.1, -0.05) is 75.3 Å². The Morgan fingerprint density at radius 2 is 1.17 bits per heavy atom. The van der Waals surface area contributed by atoms with E-state index < -0.39 is 0 Å². The van der Waals surface area contributed by atoms with E-state index >= 15 is 0 Å². The number of nitrogens with two attached hydrogens (primary N) is 1. The summed E-state index contributed by atoms with van der Waals surface area (Å²) in [5.74, 6) is 0.877. The van der Waals surface area contributed by atoms with Crippen molar-refractivity contribution >= 4 is 35.7 Å². The van der Waals surface area contributed by atoms with Crippen molar-refractivity contribution in [3.8, 4) is 5.75 Å². The minimum atomic E-state index is 0.721. The van der Waals surface area contributed by atoms with Crippen LogP contribution in [0.2, 0.25) is 0 Å². The molecule has 0 radical (unpaired) electrons. The van der Waals surface area contributed by atoms with E-state index in [1.54, 1.807) is 7.11 Å². The van der Waals surface area contributed by atoms with Gasteiger partial charge in [-0.25, -0.2) is 0 Å². The number of methoxy groups -OCH3 is 1. The van der Waals surface area contributed by atoms with Crippen LogP contribution in [-0.2, 0) is 0 Å². The zero-order valence-corrected chi connectivity index (χ0v) is 26.0. The molecule has 0 spiro atoms. The van der Waals surface area contributed by atoms with Gasteiger partial charge in [-0.3, -0.25) is 0 Å². The summed E-state index contributed by atoms with van der Waals surface area (Å²) >= 11 is 0. The summed E-state index contributed by atoms with van der Waals surface area (Å²) in [7, 11) is 1.74. The lowest BCUT2D eigenvalue weighted by Gasteiger charge is -2.24. The Labute approximate surface area is 249 Å². The second-order valence-electron chi connectivity index (χ2n) is 10.7. The molecule has 4 nitrogen and oxygen atoms in total. The fourth-order valence-electron chi connectivity index (χ4n) is 5.00. The van der Waals surface area contributed by atoms with Crippen molar-refractivity contribution in [1.82, 2.24) is 0 Å². The van der Waals surface area contributed by atoms with Crippen molar-refractivity contribution < 1.29 is 4.74 Å². The number of benzene rings is 3. The topological polar surface area (TPSA) is 41.7 Å². The van der Waals surface area contributed by atoms with E-state index in [0.717, 1.165) is 56.0 Å². The van der Waals surface area contributed by atoms with Gasteiger partial charge in [-0.15, -0.1) is 0 Å².